The molecule has 0 bridgehead atoms. The molecule has 1 saturated carbocycles. The van der Waals surface area contributed by atoms with E-state index in [1.54, 1.807) is 12.1 Å². The minimum absolute atomic E-state index is 0.0711. The molecule has 5 heteroatoms. The number of nitro benzene ring substituents is 1. The number of rotatable bonds is 5. The van der Waals surface area contributed by atoms with Crippen molar-refractivity contribution in [1.29, 1.82) is 0 Å². The molecule has 1 unspecified atom stereocenters. The fraction of sp³-hybridized carbons (Fsp3) is 0.600. The van der Waals surface area contributed by atoms with Crippen LogP contribution in [-0.4, -0.2) is 22.2 Å². The first kappa shape index (κ1) is 14.9. The van der Waals surface area contributed by atoms with E-state index in [9.17, 15) is 15.2 Å². The van der Waals surface area contributed by atoms with Crippen LogP contribution in [0.2, 0.25) is 0 Å². The lowest BCUT2D eigenvalue weighted by atomic mass is 9.84. The highest BCUT2D eigenvalue weighted by Gasteiger charge is 2.29. The number of aliphatic hydroxyl groups is 1. The van der Waals surface area contributed by atoms with Gasteiger partial charge in [-0.15, -0.1) is 0 Å². The zero-order valence-electron chi connectivity index (χ0n) is 11.8. The largest absolute Gasteiger partial charge is 0.389 e. The molecule has 0 amide bonds. The molecule has 1 aliphatic rings. The van der Waals surface area contributed by atoms with Crippen molar-refractivity contribution < 1.29 is 10.0 Å². The van der Waals surface area contributed by atoms with Gasteiger partial charge in [0, 0.05) is 24.7 Å². The molecule has 20 heavy (non-hydrogen) atoms. The van der Waals surface area contributed by atoms with Crippen LogP contribution >= 0.6 is 0 Å². The van der Waals surface area contributed by atoms with Gasteiger partial charge in [-0.05, 0) is 25.3 Å². The number of nitro groups is 1. The molecule has 5 nitrogen and oxygen atoms in total. The van der Waals surface area contributed by atoms with Gasteiger partial charge in [-0.2, -0.15) is 0 Å². The minimum Gasteiger partial charge on any atom is -0.389 e. The average molecular weight is 278 g/mol. The Bertz CT molecular complexity index is 453. The van der Waals surface area contributed by atoms with Crippen LogP contribution in [0.5, 0.6) is 0 Å². The van der Waals surface area contributed by atoms with Crippen molar-refractivity contribution in [2.75, 3.05) is 6.54 Å². The second kappa shape index (κ2) is 6.33. The second-order valence-corrected chi connectivity index (χ2v) is 5.74. The highest BCUT2D eigenvalue weighted by molar-refractivity contribution is 5.34. The Labute approximate surface area is 119 Å². The number of nitrogens with one attached hydrogen (secondary N) is 1. The lowest BCUT2D eigenvalue weighted by molar-refractivity contribution is -0.384. The van der Waals surface area contributed by atoms with E-state index in [1.807, 2.05) is 6.92 Å². The summed E-state index contributed by atoms with van der Waals surface area (Å²) >= 11 is 0. The van der Waals surface area contributed by atoms with E-state index in [0.29, 0.717) is 6.54 Å². The highest BCUT2D eigenvalue weighted by atomic mass is 16.6. The summed E-state index contributed by atoms with van der Waals surface area (Å²) in [7, 11) is 0. The second-order valence-electron chi connectivity index (χ2n) is 5.74. The Kier molecular flexibility index (Phi) is 4.73. The summed E-state index contributed by atoms with van der Waals surface area (Å²) in [4.78, 5) is 10.2. The first-order chi connectivity index (χ1) is 9.50. The normalized spacial score (nSPS) is 19.5. The zero-order chi connectivity index (χ0) is 14.6. The molecule has 1 aliphatic carbocycles. The lowest BCUT2D eigenvalue weighted by Crippen LogP contribution is -2.42. The van der Waals surface area contributed by atoms with Gasteiger partial charge >= 0.3 is 0 Å². The molecule has 2 N–H and O–H groups in total. The summed E-state index contributed by atoms with van der Waals surface area (Å²) < 4.78 is 0. The molecule has 0 aliphatic heterocycles. The standard InChI is InChI=1S/C15H22N2O3/c1-12(13-5-7-14(8-6-13)17(19)20)16-11-15(18)9-3-2-4-10-15/h5-8,12,16,18H,2-4,9-11H2,1H3. The summed E-state index contributed by atoms with van der Waals surface area (Å²) in [5.41, 5.74) is 0.509. The molecule has 0 saturated heterocycles. The van der Waals surface area contributed by atoms with Crippen LogP contribution in [0.4, 0.5) is 5.69 Å². The summed E-state index contributed by atoms with van der Waals surface area (Å²) in [6.45, 7) is 2.58. The molecule has 110 valence electrons. The third kappa shape index (κ3) is 3.77. The van der Waals surface area contributed by atoms with Crippen LogP contribution in [0, 0.1) is 10.1 Å². The van der Waals surface area contributed by atoms with E-state index in [4.69, 9.17) is 0 Å². The van der Waals surface area contributed by atoms with E-state index in [1.165, 1.54) is 18.6 Å². The maximum atomic E-state index is 10.6. The molecule has 0 radical (unpaired) electrons. The number of nitrogens with zero attached hydrogens (tertiary/aromatic N) is 1. The monoisotopic (exact) mass is 278 g/mol. The minimum atomic E-state index is -0.590. The van der Waals surface area contributed by atoms with E-state index in [0.717, 1.165) is 31.2 Å². The summed E-state index contributed by atoms with van der Waals surface area (Å²) in [5.74, 6) is 0. The fourth-order valence-electron chi connectivity index (χ4n) is 2.73. The van der Waals surface area contributed by atoms with Crippen molar-refractivity contribution in [1.82, 2.24) is 5.32 Å². The molecule has 1 aromatic rings. The molecular weight excluding hydrogens is 256 g/mol. The molecule has 0 aromatic heterocycles. The van der Waals surface area contributed by atoms with Gasteiger partial charge in [0.25, 0.3) is 5.69 Å². The number of non-ortho nitro benzene ring substituents is 1. The Morgan fingerprint density at radius 3 is 2.45 bits per heavy atom. The maximum Gasteiger partial charge on any atom is 0.269 e. The third-order valence-corrected chi connectivity index (χ3v) is 4.13. The van der Waals surface area contributed by atoms with Crippen molar-refractivity contribution >= 4 is 5.69 Å². The quantitative estimate of drug-likeness (QED) is 0.641. The van der Waals surface area contributed by atoms with Crippen LogP contribution in [0.1, 0.15) is 50.6 Å². The molecular formula is C15H22N2O3. The predicted octanol–water partition coefficient (Wildman–Crippen LogP) is 2.94. The Hall–Kier alpha value is -1.46. The van der Waals surface area contributed by atoms with Gasteiger partial charge in [0.1, 0.15) is 0 Å². The SMILES string of the molecule is CC(NCC1(O)CCCCC1)c1ccc([N+](=O)[O-])cc1. The van der Waals surface area contributed by atoms with E-state index >= 15 is 0 Å². The zero-order valence-corrected chi connectivity index (χ0v) is 11.8. The van der Waals surface area contributed by atoms with Crippen molar-refractivity contribution in [3.05, 3.63) is 39.9 Å². The van der Waals surface area contributed by atoms with Crippen molar-refractivity contribution in [2.24, 2.45) is 0 Å². The van der Waals surface area contributed by atoms with Gasteiger partial charge in [-0.25, -0.2) is 0 Å². The fourth-order valence-corrected chi connectivity index (χ4v) is 2.73. The molecule has 1 atom stereocenters. The first-order valence-electron chi connectivity index (χ1n) is 7.20. The Balaban J connectivity index is 1.90. The number of hydrogen-bond donors (Lipinski definition) is 2. The number of benzene rings is 1. The molecule has 1 fully saturated rings. The molecule has 1 aromatic carbocycles. The molecule has 2 rings (SSSR count). The van der Waals surface area contributed by atoms with Gasteiger partial charge in [0.2, 0.25) is 0 Å². The third-order valence-electron chi connectivity index (χ3n) is 4.13. The lowest BCUT2D eigenvalue weighted by Gasteiger charge is -2.33. The topological polar surface area (TPSA) is 75.4 Å². The average Bonchev–Trinajstić information content (AvgIpc) is 2.46. The van der Waals surface area contributed by atoms with Gasteiger partial charge in [-0.1, -0.05) is 31.4 Å². The van der Waals surface area contributed by atoms with E-state index < -0.39 is 10.5 Å². The molecule has 0 spiro atoms. The molecule has 0 heterocycles. The first-order valence-corrected chi connectivity index (χ1v) is 7.20. The van der Waals surface area contributed by atoms with Gasteiger partial charge in [0.15, 0.2) is 0 Å². The van der Waals surface area contributed by atoms with Crippen LogP contribution < -0.4 is 5.32 Å². The van der Waals surface area contributed by atoms with Crippen LogP contribution in [-0.2, 0) is 0 Å². The van der Waals surface area contributed by atoms with E-state index in [2.05, 4.69) is 5.32 Å². The Morgan fingerprint density at radius 1 is 1.30 bits per heavy atom. The summed E-state index contributed by atoms with van der Waals surface area (Å²) in [6, 6.07) is 6.63. The van der Waals surface area contributed by atoms with E-state index in [-0.39, 0.29) is 11.7 Å². The van der Waals surface area contributed by atoms with Crippen LogP contribution in [0.3, 0.4) is 0 Å². The van der Waals surface area contributed by atoms with Crippen LogP contribution in [0.25, 0.3) is 0 Å². The smallest absolute Gasteiger partial charge is 0.269 e. The van der Waals surface area contributed by atoms with Crippen LogP contribution in [0.15, 0.2) is 24.3 Å². The van der Waals surface area contributed by atoms with Crippen molar-refractivity contribution in [3.8, 4) is 0 Å². The maximum absolute atomic E-state index is 10.6. The van der Waals surface area contributed by atoms with Gasteiger partial charge in [-0.3, -0.25) is 10.1 Å². The summed E-state index contributed by atoms with van der Waals surface area (Å²) in [6.07, 6.45) is 5.09. The van der Waals surface area contributed by atoms with Crippen molar-refractivity contribution in [2.45, 2.75) is 50.7 Å². The highest BCUT2D eigenvalue weighted by Crippen LogP contribution is 2.28. The number of hydrogen-bond acceptors (Lipinski definition) is 4. The predicted molar refractivity (Wildman–Crippen MR) is 77.5 cm³/mol. The summed E-state index contributed by atoms with van der Waals surface area (Å²) in [5, 5.41) is 24.4. The Morgan fingerprint density at radius 2 is 1.90 bits per heavy atom. The van der Waals surface area contributed by atoms with Gasteiger partial charge in [0.05, 0.1) is 10.5 Å². The van der Waals surface area contributed by atoms with Gasteiger partial charge < -0.3 is 10.4 Å². The van der Waals surface area contributed by atoms with Crippen molar-refractivity contribution in [3.63, 3.8) is 0 Å².